The van der Waals surface area contributed by atoms with Crippen molar-refractivity contribution in [3.05, 3.63) is 69.6 Å². The van der Waals surface area contributed by atoms with Crippen LogP contribution in [-0.2, 0) is 17.9 Å². The Morgan fingerprint density at radius 1 is 1.24 bits per heavy atom. The lowest BCUT2D eigenvalue weighted by Crippen LogP contribution is -2.19. The summed E-state index contributed by atoms with van der Waals surface area (Å²) in [6.45, 7) is 0.331. The molecule has 0 aliphatic rings. The number of halogens is 1. The number of aromatic nitrogens is 4. The van der Waals surface area contributed by atoms with E-state index in [4.69, 9.17) is 11.6 Å². The average molecular weight is 361 g/mol. The first-order valence-electron chi connectivity index (χ1n) is 7.25. The Bertz CT molecular complexity index is 905. The molecule has 2 heterocycles. The van der Waals surface area contributed by atoms with Crippen LogP contribution in [0.1, 0.15) is 5.56 Å². The molecule has 1 amide bonds. The molecule has 0 bridgehead atoms. The fourth-order valence-corrected chi connectivity index (χ4v) is 2.38. The van der Waals surface area contributed by atoms with Crippen molar-refractivity contribution in [2.75, 3.05) is 5.32 Å². The van der Waals surface area contributed by atoms with Crippen LogP contribution in [0.3, 0.4) is 0 Å². The minimum atomic E-state index is -0.580. The van der Waals surface area contributed by atoms with E-state index in [0.717, 1.165) is 11.8 Å². The van der Waals surface area contributed by atoms with Crippen LogP contribution >= 0.6 is 11.6 Å². The molecule has 1 N–H and O–H groups in total. The van der Waals surface area contributed by atoms with Gasteiger partial charge in [0.25, 0.3) is 0 Å². The van der Waals surface area contributed by atoms with Crippen molar-refractivity contribution < 1.29 is 9.72 Å². The molecular weight excluding hydrogens is 348 g/mol. The number of rotatable bonds is 6. The van der Waals surface area contributed by atoms with Crippen LogP contribution in [0.5, 0.6) is 0 Å². The molecule has 1 aromatic carbocycles. The fraction of sp³-hybridized carbons (Fsp3) is 0.133. The second-order valence-corrected chi connectivity index (χ2v) is 5.62. The topological polar surface area (TPSA) is 108 Å². The van der Waals surface area contributed by atoms with Crippen LogP contribution in [0.2, 0.25) is 5.02 Å². The smallest absolute Gasteiger partial charge is 0.306 e. The summed E-state index contributed by atoms with van der Waals surface area (Å²) in [4.78, 5) is 22.1. The quantitative estimate of drug-likeness (QED) is 0.536. The number of anilines is 1. The maximum absolute atomic E-state index is 12.0. The van der Waals surface area contributed by atoms with E-state index in [2.05, 4.69) is 15.5 Å². The van der Waals surface area contributed by atoms with Crippen molar-refractivity contribution in [1.82, 2.24) is 19.6 Å². The van der Waals surface area contributed by atoms with Gasteiger partial charge in [-0.15, -0.1) is 0 Å². The van der Waals surface area contributed by atoms with Crippen molar-refractivity contribution in [3.63, 3.8) is 0 Å². The summed E-state index contributed by atoms with van der Waals surface area (Å²) in [5.41, 5.74) is 0.862. The molecule has 0 fully saturated rings. The molecule has 0 radical (unpaired) electrons. The maximum atomic E-state index is 12.0. The number of hydrogen-bond acceptors (Lipinski definition) is 5. The van der Waals surface area contributed by atoms with Crippen molar-refractivity contribution >= 4 is 29.0 Å². The largest absolute Gasteiger partial charge is 0.307 e. The normalized spacial score (nSPS) is 10.6. The van der Waals surface area contributed by atoms with Crippen LogP contribution in [0.4, 0.5) is 11.5 Å². The van der Waals surface area contributed by atoms with Crippen LogP contribution in [-0.4, -0.2) is 30.4 Å². The summed E-state index contributed by atoms with van der Waals surface area (Å²) in [6, 6.07) is 9.68. The summed E-state index contributed by atoms with van der Waals surface area (Å²) in [5.74, 6) is -0.214. The van der Waals surface area contributed by atoms with Gasteiger partial charge in [0.05, 0.1) is 11.5 Å². The highest BCUT2D eigenvalue weighted by molar-refractivity contribution is 6.33. The Labute approximate surface area is 147 Å². The average Bonchev–Trinajstić information content (AvgIpc) is 3.16. The summed E-state index contributed by atoms with van der Waals surface area (Å²) < 4.78 is 2.79. The van der Waals surface area contributed by atoms with Gasteiger partial charge in [-0.2, -0.15) is 10.2 Å². The van der Waals surface area contributed by atoms with E-state index in [9.17, 15) is 14.9 Å². The molecule has 0 aliphatic carbocycles. The molecule has 3 aromatic rings. The highest BCUT2D eigenvalue weighted by Gasteiger charge is 2.14. The Hall–Kier alpha value is -3.20. The third kappa shape index (κ3) is 4.21. The van der Waals surface area contributed by atoms with E-state index < -0.39 is 10.8 Å². The highest BCUT2D eigenvalue weighted by atomic mass is 35.5. The molecule has 0 aliphatic heterocycles. The van der Waals surface area contributed by atoms with E-state index in [1.807, 2.05) is 30.3 Å². The lowest BCUT2D eigenvalue weighted by atomic mass is 10.2. The molecule has 0 spiro atoms. The molecule has 25 heavy (non-hydrogen) atoms. The van der Waals surface area contributed by atoms with Gasteiger partial charge in [0, 0.05) is 6.20 Å². The molecule has 9 nitrogen and oxygen atoms in total. The van der Waals surface area contributed by atoms with Crippen molar-refractivity contribution in [2.45, 2.75) is 13.1 Å². The molecule has 3 rings (SSSR count). The standard InChI is InChI=1S/C15H13ClN6O3/c16-13-9-21(7-11-4-2-1-3-5-11)19-15(13)18-14(23)10-20-8-12(6-17-20)22(24)25/h1-6,8-9H,7,10H2,(H,18,19,23). The van der Waals surface area contributed by atoms with E-state index in [1.165, 1.54) is 10.9 Å². The van der Waals surface area contributed by atoms with Gasteiger partial charge >= 0.3 is 5.69 Å². The van der Waals surface area contributed by atoms with Gasteiger partial charge in [-0.05, 0) is 5.56 Å². The van der Waals surface area contributed by atoms with Crippen LogP contribution in [0, 0.1) is 10.1 Å². The van der Waals surface area contributed by atoms with Crippen molar-refractivity contribution in [3.8, 4) is 0 Å². The van der Waals surface area contributed by atoms with Gasteiger partial charge < -0.3 is 5.32 Å². The van der Waals surface area contributed by atoms with Crippen LogP contribution in [0.25, 0.3) is 0 Å². The predicted molar refractivity (Wildman–Crippen MR) is 90.3 cm³/mol. The Morgan fingerprint density at radius 2 is 2.00 bits per heavy atom. The zero-order valence-electron chi connectivity index (χ0n) is 12.9. The molecule has 0 saturated heterocycles. The van der Waals surface area contributed by atoms with E-state index in [-0.39, 0.29) is 18.1 Å². The van der Waals surface area contributed by atoms with Crippen LogP contribution < -0.4 is 5.32 Å². The fourth-order valence-electron chi connectivity index (χ4n) is 2.19. The number of carbonyl (C=O) groups is 1. The molecule has 0 atom stereocenters. The number of benzene rings is 1. The molecule has 128 valence electrons. The zero-order chi connectivity index (χ0) is 17.8. The molecular formula is C15H13ClN6O3. The Balaban J connectivity index is 1.64. The molecule has 0 unspecified atom stereocenters. The monoisotopic (exact) mass is 360 g/mol. The van der Waals surface area contributed by atoms with Crippen molar-refractivity contribution in [1.29, 1.82) is 0 Å². The van der Waals surface area contributed by atoms with Gasteiger partial charge in [-0.3, -0.25) is 24.3 Å². The number of nitrogens with zero attached hydrogens (tertiary/aromatic N) is 5. The number of carbonyl (C=O) groups excluding carboxylic acids is 1. The SMILES string of the molecule is O=C(Cn1cc([N+](=O)[O-])cn1)Nc1nn(Cc2ccccc2)cc1Cl. The summed E-state index contributed by atoms with van der Waals surface area (Å²) in [6.07, 6.45) is 3.87. The number of nitro groups is 1. The Morgan fingerprint density at radius 3 is 2.68 bits per heavy atom. The maximum Gasteiger partial charge on any atom is 0.307 e. The van der Waals surface area contributed by atoms with Gasteiger partial charge in [-0.1, -0.05) is 41.9 Å². The first-order valence-corrected chi connectivity index (χ1v) is 7.62. The number of amides is 1. The molecule has 10 heteroatoms. The van der Waals surface area contributed by atoms with E-state index in [0.29, 0.717) is 11.6 Å². The van der Waals surface area contributed by atoms with Crippen molar-refractivity contribution in [2.24, 2.45) is 0 Å². The minimum Gasteiger partial charge on any atom is -0.306 e. The Kier molecular flexibility index (Phi) is 4.75. The van der Waals surface area contributed by atoms with E-state index >= 15 is 0 Å². The van der Waals surface area contributed by atoms with E-state index in [1.54, 1.807) is 10.9 Å². The lowest BCUT2D eigenvalue weighted by Gasteiger charge is -2.03. The number of hydrogen-bond donors (Lipinski definition) is 1. The number of nitrogens with one attached hydrogen (secondary N) is 1. The minimum absolute atomic E-state index is 0.182. The summed E-state index contributed by atoms with van der Waals surface area (Å²) in [5, 5.41) is 21.5. The predicted octanol–water partition coefficient (Wildman–Crippen LogP) is 2.33. The molecule has 2 aromatic heterocycles. The second-order valence-electron chi connectivity index (χ2n) is 5.21. The summed E-state index contributed by atoms with van der Waals surface area (Å²) >= 11 is 6.09. The highest BCUT2D eigenvalue weighted by Crippen LogP contribution is 2.20. The lowest BCUT2D eigenvalue weighted by molar-refractivity contribution is -0.385. The molecule has 0 saturated carbocycles. The van der Waals surface area contributed by atoms with Gasteiger partial charge in [0.2, 0.25) is 5.91 Å². The zero-order valence-corrected chi connectivity index (χ0v) is 13.6. The van der Waals surface area contributed by atoms with Gasteiger partial charge in [0.1, 0.15) is 24.0 Å². The van der Waals surface area contributed by atoms with Gasteiger partial charge in [-0.25, -0.2) is 0 Å². The first-order chi connectivity index (χ1) is 12.0. The third-order valence-corrected chi connectivity index (χ3v) is 3.57. The van der Waals surface area contributed by atoms with Crippen LogP contribution in [0.15, 0.2) is 48.9 Å². The first kappa shape index (κ1) is 16.7. The summed E-state index contributed by atoms with van der Waals surface area (Å²) in [7, 11) is 0. The van der Waals surface area contributed by atoms with Gasteiger partial charge in [0.15, 0.2) is 5.82 Å². The second kappa shape index (κ2) is 7.14. The third-order valence-electron chi connectivity index (χ3n) is 3.30.